The summed E-state index contributed by atoms with van der Waals surface area (Å²) in [6.45, 7) is 9.14. The fraction of sp³-hybridized carbons (Fsp3) is 0.571. The van der Waals surface area contributed by atoms with E-state index in [4.69, 9.17) is 17.2 Å². The minimum absolute atomic E-state index is 0.678. The van der Waals surface area contributed by atoms with Crippen molar-refractivity contribution in [3.63, 3.8) is 0 Å². The molecule has 2 atom stereocenters. The quantitative estimate of drug-likeness (QED) is 0.296. The number of unbranched alkanes of at least 4 members (excludes halogenated alkanes) is 2. The number of hydrogen-bond donors (Lipinski definition) is 1. The fourth-order valence-corrected chi connectivity index (χ4v) is 6.13. The van der Waals surface area contributed by atoms with Crippen molar-refractivity contribution < 1.29 is 0 Å². The van der Waals surface area contributed by atoms with E-state index >= 15 is 0 Å². The minimum atomic E-state index is 0.678. The SMILES string of the molecule is CCCCC(CC)CC(=S)Nc1ccc2c3c(cccc13)N=C(CC(CC)CCCC)S2. The van der Waals surface area contributed by atoms with Gasteiger partial charge in [-0.3, -0.25) is 0 Å². The third kappa shape index (κ3) is 6.57. The molecule has 3 rings (SSSR count). The van der Waals surface area contributed by atoms with Crippen LogP contribution in [0.15, 0.2) is 40.2 Å². The molecule has 0 aliphatic carbocycles. The van der Waals surface area contributed by atoms with Crippen molar-refractivity contribution in [3.05, 3.63) is 30.3 Å². The van der Waals surface area contributed by atoms with Crippen LogP contribution in [-0.4, -0.2) is 10.0 Å². The average Bonchev–Trinajstić information content (AvgIpc) is 2.81. The molecule has 1 aliphatic rings. The van der Waals surface area contributed by atoms with E-state index in [1.807, 2.05) is 11.8 Å². The summed E-state index contributed by atoms with van der Waals surface area (Å²) in [5, 5.41) is 7.35. The molecule has 0 spiro atoms. The van der Waals surface area contributed by atoms with E-state index in [9.17, 15) is 0 Å². The van der Waals surface area contributed by atoms with E-state index in [-0.39, 0.29) is 0 Å². The molecule has 0 amide bonds. The lowest BCUT2D eigenvalue weighted by Crippen LogP contribution is -2.15. The van der Waals surface area contributed by atoms with Crippen molar-refractivity contribution >= 4 is 56.2 Å². The van der Waals surface area contributed by atoms with E-state index < -0.39 is 0 Å². The van der Waals surface area contributed by atoms with Gasteiger partial charge in [0.2, 0.25) is 0 Å². The summed E-state index contributed by atoms with van der Waals surface area (Å²) in [4.78, 5) is 7.39. The lowest BCUT2D eigenvalue weighted by Gasteiger charge is -2.22. The van der Waals surface area contributed by atoms with E-state index in [2.05, 4.69) is 63.3 Å². The van der Waals surface area contributed by atoms with Crippen LogP contribution >= 0.6 is 24.0 Å². The monoisotopic (exact) mass is 468 g/mol. The normalized spacial score (nSPS) is 14.8. The Bertz CT molecular complexity index is 934. The van der Waals surface area contributed by atoms with Crippen molar-refractivity contribution in [2.45, 2.75) is 96.8 Å². The summed E-state index contributed by atoms with van der Waals surface area (Å²) in [6, 6.07) is 11.0. The highest BCUT2D eigenvalue weighted by molar-refractivity contribution is 8.14. The molecule has 0 saturated carbocycles. The van der Waals surface area contributed by atoms with Crippen LogP contribution in [0.2, 0.25) is 0 Å². The molecule has 2 aromatic carbocycles. The van der Waals surface area contributed by atoms with Gasteiger partial charge < -0.3 is 5.32 Å². The maximum absolute atomic E-state index is 5.77. The zero-order valence-corrected chi connectivity index (χ0v) is 22.0. The predicted molar refractivity (Wildman–Crippen MR) is 149 cm³/mol. The molecule has 2 aromatic rings. The summed E-state index contributed by atoms with van der Waals surface area (Å²) in [7, 11) is 0. The van der Waals surface area contributed by atoms with E-state index in [0.29, 0.717) is 5.92 Å². The van der Waals surface area contributed by atoms with E-state index in [0.717, 1.165) is 35.1 Å². The molecule has 0 radical (unpaired) electrons. The second-order valence-electron chi connectivity index (χ2n) is 9.21. The Hall–Kier alpha value is -1.39. The second kappa shape index (κ2) is 12.7. The molecule has 4 heteroatoms. The third-order valence-electron chi connectivity index (χ3n) is 6.75. The first-order valence-electron chi connectivity index (χ1n) is 12.7. The second-order valence-corrected chi connectivity index (χ2v) is 10.8. The van der Waals surface area contributed by atoms with Gasteiger partial charge in [-0.05, 0) is 36.5 Å². The van der Waals surface area contributed by atoms with Crippen LogP contribution in [0, 0.1) is 11.8 Å². The first-order valence-corrected chi connectivity index (χ1v) is 13.9. The number of benzene rings is 2. The van der Waals surface area contributed by atoms with Crippen molar-refractivity contribution in [1.82, 2.24) is 0 Å². The van der Waals surface area contributed by atoms with Crippen molar-refractivity contribution in [3.8, 4) is 0 Å². The van der Waals surface area contributed by atoms with Crippen LogP contribution in [0.25, 0.3) is 10.8 Å². The number of anilines is 1. The highest BCUT2D eigenvalue weighted by Gasteiger charge is 2.20. The molecule has 1 aliphatic heterocycles. The smallest absolute Gasteiger partial charge is 0.0800 e. The lowest BCUT2D eigenvalue weighted by atomic mass is 9.95. The number of nitrogens with one attached hydrogen (secondary N) is 1. The van der Waals surface area contributed by atoms with Crippen LogP contribution < -0.4 is 5.32 Å². The summed E-state index contributed by atoms with van der Waals surface area (Å²) < 4.78 is 0. The molecule has 0 bridgehead atoms. The van der Waals surface area contributed by atoms with Crippen LogP contribution in [0.1, 0.15) is 91.9 Å². The first-order chi connectivity index (χ1) is 15.6. The predicted octanol–water partition coefficient (Wildman–Crippen LogP) is 9.93. The van der Waals surface area contributed by atoms with Gasteiger partial charge in [0.1, 0.15) is 0 Å². The Kier molecular flexibility index (Phi) is 10.1. The highest BCUT2D eigenvalue weighted by Crippen LogP contribution is 2.44. The molecule has 2 nitrogen and oxygen atoms in total. The molecule has 0 aromatic heterocycles. The number of rotatable bonds is 13. The van der Waals surface area contributed by atoms with Gasteiger partial charge in [0.15, 0.2) is 0 Å². The van der Waals surface area contributed by atoms with Gasteiger partial charge in [0.25, 0.3) is 0 Å². The lowest BCUT2D eigenvalue weighted by molar-refractivity contribution is 0.468. The Morgan fingerprint density at radius 2 is 1.69 bits per heavy atom. The van der Waals surface area contributed by atoms with Crippen LogP contribution in [-0.2, 0) is 0 Å². The van der Waals surface area contributed by atoms with Gasteiger partial charge >= 0.3 is 0 Å². The number of nitrogens with zero attached hydrogens (tertiary/aromatic N) is 1. The zero-order chi connectivity index (χ0) is 22.9. The van der Waals surface area contributed by atoms with Crippen molar-refractivity contribution in [2.75, 3.05) is 5.32 Å². The standard InChI is InChI=1S/C28H40N2S2/c1-5-9-12-20(7-3)18-26(31)29-23-16-17-25-28-22(23)14-11-15-24(28)30-27(32-25)19-21(8-4)13-10-6-2/h11,14-17,20-21H,5-10,12-13,18-19H2,1-4H3,(H,29,31). The molecular weight excluding hydrogens is 428 g/mol. The molecule has 0 saturated heterocycles. The summed E-state index contributed by atoms with van der Waals surface area (Å²) in [5.74, 6) is 1.41. The first kappa shape index (κ1) is 25.2. The van der Waals surface area contributed by atoms with Crippen LogP contribution in [0.5, 0.6) is 0 Å². The third-order valence-corrected chi connectivity index (χ3v) is 8.07. The molecular formula is C28H40N2S2. The van der Waals surface area contributed by atoms with Crippen LogP contribution in [0.3, 0.4) is 0 Å². The summed E-state index contributed by atoms with van der Waals surface area (Å²) >= 11 is 7.64. The van der Waals surface area contributed by atoms with Crippen molar-refractivity contribution in [1.29, 1.82) is 0 Å². The van der Waals surface area contributed by atoms with E-state index in [1.165, 1.54) is 72.1 Å². The van der Waals surface area contributed by atoms with Gasteiger partial charge in [0.05, 0.1) is 15.7 Å². The number of hydrogen-bond acceptors (Lipinski definition) is 3. The average molecular weight is 469 g/mol. The molecule has 32 heavy (non-hydrogen) atoms. The maximum atomic E-state index is 5.77. The fourth-order valence-electron chi connectivity index (χ4n) is 4.61. The minimum Gasteiger partial charge on any atom is -0.350 e. The Labute approximate surface area is 205 Å². The summed E-state index contributed by atoms with van der Waals surface area (Å²) in [5.41, 5.74) is 2.23. The number of thiocarbonyl (C=S) groups is 1. The van der Waals surface area contributed by atoms with Crippen molar-refractivity contribution in [2.24, 2.45) is 16.8 Å². The topological polar surface area (TPSA) is 24.4 Å². The van der Waals surface area contributed by atoms with Crippen LogP contribution in [0.4, 0.5) is 11.4 Å². The Morgan fingerprint density at radius 3 is 2.38 bits per heavy atom. The van der Waals surface area contributed by atoms with Gasteiger partial charge in [-0.15, -0.1) is 0 Å². The number of aliphatic imine (C=N–C) groups is 1. The van der Waals surface area contributed by atoms with Gasteiger partial charge in [-0.1, -0.05) is 115 Å². The zero-order valence-electron chi connectivity index (χ0n) is 20.4. The molecule has 2 unspecified atom stereocenters. The number of thioether (sulfide) groups is 1. The highest BCUT2D eigenvalue weighted by atomic mass is 32.2. The summed E-state index contributed by atoms with van der Waals surface area (Å²) in [6.07, 6.45) is 12.2. The molecule has 174 valence electrons. The molecule has 1 heterocycles. The van der Waals surface area contributed by atoms with Gasteiger partial charge in [-0.25, -0.2) is 4.99 Å². The Morgan fingerprint density at radius 1 is 0.969 bits per heavy atom. The largest absolute Gasteiger partial charge is 0.350 e. The molecule has 1 N–H and O–H groups in total. The Balaban J connectivity index is 1.78. The maximum Gasteiger partial charge on any atom is 0.0800 e. The van der Waals surface area contributed by atoms with Gasteiger partial charge in [-0.2, -0.15) is 0 Å². The van der Waals surface area contributed by atoms with Gasteiger partial charge in [0, 0.05) is 27.8 Å². The molecule has 0 fully saturated rings. The van der Waals surface area contributed by atoms with E-state index in [1.54, 1.807) is 0 Å².